The Balaban J connectivity index is 1.77. The van der Waals surface area contributed by atoms with E-state index in [1.807, 2.05) is 12.1 Å². The summed E-state index contributed by atoms with van der Waals surface area (Å²) >= 11 is 0. The molecule has 0 bridgehead atoms. The molecule has 1 aromatic carbocycles. The molecule has 4 rings (SSSR count). The summed E-state index contributed by atoms with van der Waals surface area (Å²) in [5, 5.41) is 12.9. The highest BCUT2D eigenvalue weighted by molar-refractivity contribution is 5.60. The third-order valence-corrected chi connectivity index (χ3v) is 4.14. The third-order valence-electron chi connectivity index (χ3n) is 4.14. The van der Waals surface area contributed by atoms with Gasteiger partial charge in [-0.05, 0) is 37.6 Å². The Hall–Kier alpha value is -2.54. The maximum Gasteiger partial charge on any atom is 0.188 e. The fourth-order valence-electron chi connectivity index (χ4n) is 2.96. The Morgan fingerprint density at radius 2 is 2.04 bits per heavy atom. The van der Waals surface area contributed by atoms with Crippen molar-refractivity contribution in [2.75, 3.05) is 24.6 Å². The highest BCUT2D eigenvalue weighted by Crippen LogP contribution is 2.22. The average molecular weight is 327 g/mol. The molecule has 3 aromatic rings. The second-order valence-corrected chi connectivity index (χ2v) is 5.95. The largest absolute Gasteiger partial charge is 0.377 e. The zero-order valence-electron chi connectivity index (χ0n) is 13.4. The van der Waals surface area contributed by atoms with E-state index in [1.54, 1.807) is 22.7 Å². The van der Waals surface area contributed by atoms with Crippen molar-refractivity contribution < 1.29 is 9.13 Å². The van der Waals surface area contributed by atoms with Gasteiger partial charge in [-0.3, -0.25) is 0 Å². The average Bonchev–Trinajstić information content (AvgIpc) is 2.88. The van der Waals surface area contributed by atoms with Gasteiger partial charge in [-0.25, -0.2) is 4.39 Å². The molecule has 0 radical (unpaired) electrons. The van der Waals surface area contributed by atoms with E-state index in [0.29, 0.717) is 17.0 Å². The van der Waals surface area contributed by atoms with Gasteiger partial charge in [-0.1, -0.05) is 12.1 Å². The van der Waals surface area contributed by atoms with Gasteiger partial charge >= 0.3 is 0 Å². The van der Waals surface area contributed by atoms with Crippen molar-refractivity contribution in [1.29, 1.82) is 0 Å². The number of nitrogens with zero attached hydrogens (tertiary/aromatic N) is 5. The monoisotopic (exact) mass is 327 g/mol. The molecule has 124 valence electrons. The van der Waals surface area contributed by atoms with Crippen LogP contribution >= 0.6 is 0 Å². The van der Waals surface area contributed by atoms with E-state index in [-0.39, 0.29) is 11.9 Å². The van der Waals surface area contributed by atoms with Crippen LogP contribution in [0.15, 0.2) is 36.4 Å². The summed E-state index contributed by atoms with van der Waals surface area (Å²) in [6.07, 6.45) is 1.10. The first-order valence-corrected chi connectivity index (χ1v) is 8.06. The zero-order chi connectivity index (χ0) is 16.5. The Morgan fingerprint density at radius 1 is 1.17 bits per heavy atom. The molecule has 6 nitrogen and oxygen atoms in total. The summed E-state index contributed by atoms with van der Waals surface area (Å²) < 4.78 is 21.4. The molecule has 24 heavy (non-hydrogen) atoms. The summed E-state index contributed by atoms with van der Waals surface area (Å²) in [6, 6.07) is 10.3. The van der Waals surface area contributed by atoms with Gasteiger partial charge in [0, 0.05) is 19.7 Å². The first kappa shape index (κ1) is 15.0. The lowest BCUT2D eigenvalue weighted by molar-refractivity contribution is 0.0820. The molecule has 1 unspecified atom stereocenters. The fraction of sp³-hybridized carbons (Fsp3) is 0.353. The number of hydrogen-bond acceptors (Lipinski definition) is 5. The molecule has 3 heterocycles. The van der Waals surface area contributed by atoms with Crippen LogP contribution in [-0.4, -0.2) is 45.6 Å². The number of anilines is 1. The lowest BCUT2D eigenvalue weighted by Gasteiger charge is -2.22. The van der Waals surface area contributed by atoms with Gasteiger partial charge in [0.25, 0.3) is 0 Å². The summed E-state index contributed by atoms with van der Waals surface area (Å²) in [6.45, 7) is 4.46. The normalized spacial score (nSPS) is 18.8. The van der Waals surface area contributed by atoms with Gasteiger partial charge in [-0.15, -0.1) is 15.3 Å². The molecule has 1 atom stereocenters. The van der Waals surface area contributed by atoms with Crippen molar-refractivity contribution in [3.63, 3.8) is 0 Å². The number of hydrogen-bond donors (Lipinski definition) is 0. The van der Waals surface area contributed by atoms with Crippen LogP contribution in [0.5, 0.6) is 0 Å². The number of halogens is 1. The van der Waals surface area contributed by atoms with Crippen molar-refractivity contribution in [2.45, 2.75) is 19.4 Å². The second kappa shape index (κ2) is 6.16. The Labute approximate surface area is 138 Å². The van der Waals surface area contributed by atoms with E-state index in [0.717, 1.165) is 31.9 Å². The lowest BCUT2D eigenvalue weighted by Crippen LogP contribution is -2.31. The molecule has 0 amide bonds. The first-order chi connectivity index (χ1) is 11.7. The minimum atomic E-state index is -0.337. The van der Waals surface area contributed by atoms with Gasteiger partial charge in [0.1, 0.15) is 11.6 Å². The molecule has 1 aliphatic heterocycles. The molecule has 0 N–H and O–H groups in total. The number of fused-ring (bicyclic) bond motifs is 1. The van der Waals surface area contributed by atoms with Gasteiger partial charge in [0.2, 0.25) is 0 Å². The minimum absolute atomic E-state index is 0.150. The Bertz CT molecular complexity index is 865. The van der Waals surface area contributed by atoms with Crippen LogP contribution in [0, 0.1) is 5.82 Å². The summed E-state index contributed by atoms with van der Waals surface area (Å²) in [5.74, 6) is 0.886. The van der Waals surface area contributed by atoms with E-state index in [4.69, 9.17) is 4.74 Å². The number of benzene rings is 1. The van der Waals surface area contributed by atoms with E-state index >= 15 is 0 Å². The standard InChI is InChI=1S/C17H18FN5O/c1-12-11-22(9-4-10-24-12)16-8-7-15-19-20-17(23(15)21-16)13-5-2-3-6-14(13)18/h2-3,5-8,12H,4,9-11H2,1H3. The van der Waals surface area contributed by atoms with Crippen molar-refractivity contribution in [1.82, 2.24) is 19.8 Å². The van der Waals surface area contributed by atoms with Crippen LogP contribution in [0.3, 0.4) is 0 Å². The smallest absolute Gasteiger partial charge is 0.188 e. The van der Waals surface area contributed by atoms with Crippen molar-refractivity contribution in [3.05, 3.63) is 42.2 Å². The molecule has 0 aliphatic carbocycles. The number of rotatable bonds is 2. The highest BCUT2D eigenvalue weighted by Gasteiger charge is 2.19. The molecule has 1 saturated heterocycles. The molecule has 2 aromatic heterocycles. The quantitative estimate of drug-likeness (QED) is 0.724. The van der Waals surface area contributed by atoms with E-state index in [2.05, 4.69) is 27.1 Å². The Kier molecular flexibility index (Phi) is 3.86. The molecule has 1 fully saturated rings. The van der Waals surface area contributed by atoms with Gasteiger partial charge in [0.05, 0.1) is 11.7 Å². The molecular formula is C17H18FN5O. The van der Waals surface area contributed by atoms with Crippen molar-refractivity contribution in [3.8, 4) is 11.4 Å². The topological polar surface area (TPSA) is 55.6 Å². The Morgan fingerprint density at radius 3 is 2.92 bits per heavy atom. The predicted molar refractivity (Wildman–Crippen MR) is 88.4 cm³/mol. The van der Waals surface area contributed by atoms with Gasteiger partial charge in [-0.2, -0.15) is 4.52 Å². The number of ether oxygens (including phenoxy) is 1. The predicted octanol–water partition coefficient (Wildman–Crippen LogP) is 2.55. The summed E-state index contributed by atoms with van der Waals surface area (Å²) in [7, 11) is 0. The molecule has 0 spiro atoms. The summed E-state index contributed by atoms with van der Waals surface area (Å²) in [4.78, 5) is 2.18. The van der Waals surface area contributed by atoms with Crippen molar-refractivity contribution >= 4 is 11.5 Å². The SMILES string of the molecule is CC1CN(c2ccc3nnc(-c4ccccc4F)n3n2)CCCO1. The lowest BCUT2D eigenvalue weighted by atomic mass is 10.2. The van der Waals surface area contributed by atoms with Crippen LogP contribution in [0.2, 0.25) is 0 Å². The van der Waals surface area contributed by atoms with E-state index in [1.165, 1.54) is 6.07 Å². The molecule has 0 saturated carbocycles. The fourth-order valence-corrected chi connectivity index (χ4v) is 2.96. The number of aromatic nitrogens is 4. The maximum absolute atomic E-state index is 14.1. The molecule has 7 heteroatoms. The maximum atomic E-state index is 14.1. The van der Waals surface area contributed by atoms with Crippen LogP contribution in [-0.2, 0) is 4.74 Å². The van der Waals surface area contributed by atoms with Crippen molar-refractivity contribution in [2.24, 2.45) is 0 Å². The van der Waals surface area contributed by atoms with Gasteiger partial charge in [0.15, 0.2) is 11.5 Å². The van der Waals surface area contributed by atoms with E-state index in [9.17, 15) is 4.39 Å². The van der Waals surface area contributed by atoms with E-state index < -0.39 is 0 Å². The zero-order valence-corrected chi connectivity index (χ0v) is 13.4. The van der Waals surface area contributed by atoms with Crippen LogP contribution < -0.4 is 4.90 Å². The van der Waals surface area contributed by atoms with Crippen LogP contribution in [0.25, 0.3) is 17.0 Å². The summed E-state index contributed by atoms with van der Waals surface area (Å²) in [5.41, 5.74) is 0.985. The first-order valence-electron chi connectivity index (χ1n) is 8.06. The third kappa shape index (κ3) is 2.71. The molecule has 1 aliphatic rings. The second-order valence-electron chi connectivity index (χ2n) is 5.95. The minimum Gasteiger partial charge on any atom is -0.377 e. The highest BCUT2D eigenvalue weighted by atomic mass is 19.1. The van der Waals surface area contributed by atoms with Crippen LogP contribution in [0.1, 0.15) is 13.3 Å². The van der Waals surface area contributed by atoms with Crippen LogP contribution in [0.4, 0.5) is 10.2 Å². The molecular weight excluding hydrogens is 309 g/mol. The van der Waals surface area contributed by atoms with Gasteiger partial charge < -0.3 is 9.64 Å².